The van der Waals surface area contributed by atoms with E-state index in [9.17, 15) is 4.79 Å². The highest BCUT2D eigenvalue weighted by molar-refractivity contribution is 5.74. The quantitative estimate of drug-likeness (QED) is 0.906. The van der Waals surface area contributed by atoms with Crippen molar-refractivity contribution in [2.24, 2.45) is 7.05 Å². The minimum atomic E-state index is -0.187. The molecule has 6 heteroatoms. The van der Waals surface area contributed by atoms with Gasteiger partial charge in [-0.2, -0.15) is 5.10 Å². The zero-order valence-corrected chi connectivity index (χ0v) is 12.8. The van der Waals surface area contributed by atoms with Gasteiger partial charge < -0.3 is 15.4 Å². The number of carbonyl (C=O) groups is 1. The molecule has 0 saturated heterocycles. The molecule has 0 radical (unpaired) electrons. The Bertz CT molecular complexity index is 681. The highest BCUT2D eigenvalue weighted by Crippen LogP contribution is 2.25. The first-order valence-corrected chi connectivity index (χ1v) is 7.39. The number of rotatable bonds is 4. The van der Waals surface area contributed by atoms with Crippen molar-refractivity contribution in [2.45, 2.75) is 25.9 Å². The molecule has 1 aliphatic heterocycles. The number of benzene rings is 1. The maximum atomic E-state index is 12.0. The van der Waals surface area contributed by atoms with E-state index in [0.717, 1.165) is 29.9 Å². The van der Waals surface area contributed by atoms with Crippen LogP contribution in [0, 0.1) is 0 Å². The van der Waals surface area contributed by atoms with Crippen LogP contribution in [-0.4, -0.2) is 22.4 Å². The van der Waals surface area contributed by atoms with E-state index in [1.807, 2.05) is 32.3 Å². The van der Waals surface area contributed by atoms with Crippen LogP contribution >= 0.6 is 0 Å². The lowest BCUT2D eigenvalue weighted by Crippen LogP contribution is -2.36. The summed E-state index contributed by atoms with van der Waals surface area (Å²) in [4.78, 5) is 12.0. The summed E-state index contributed by atoms with van der Waals surface area (Å²) in [5.41, 5.74) is 3.27. The van der Waals surface area contributed by atoms with Crippen LogP contribution in [0.4, 0.5) is 4.79 Å². The maximum Gasteiger partial charge on any atom is 0.315 e. The number of amides is 2. The average Bonchev–Trinajstić information content (AvgIpc) is 3.13. The second kappa shape index (κ2) is 6.09. The van der Waals surface area contributed by atoms with E-state index in [1.165, 1.54) is 5.56 Å². The predicted octanol–water partition coefficient (Wildman–Crippen LogP) is 1.92. The highest BCUT2D eigenvalue weighted by atomic mass is 16.5. The van der Waals surface area contributed by atoms with Crippen molar-refractivity contribution in [1.29, 1.82) is 0 Å². The van der Waals surface area contributed by atoms with Crippen molar-refractivity contribution in [3.63, 3.8) is 0 Å². The molecule has 0 spiro atoms. The summed E-state index contributed by atoms with van der Waals surface area (Å²) in [5, 5.41) is 9.89. The van der Waals surface area contributed by atoms with Crippen molar-refractivity contribution in [2.75, 3.05) is 6.61 Å². The summed E-state index contributed by atoms with van der Waals surface area (Å²) in [6, 6.07) is 5.77. The third-order valence-corrected chi connectivity index (χ3v) is 3.78. The molecule has 1 aliphatic rings. The zero-order valence-electron chi connectivity index (χ0n) is 12.8. The minimum Gasteiger partial charge on any atom is -0.493 e. The molecule has 0 saturated carbocycles. The molecule has 3 rings (SSSR count). The van der Waals surface area contributed by atoms with Gasteiger partial charge in [0.1, 0.15) is 5.75 Å². The Hall–Kier alpha value is -2.50. The van der Waals surface area contributed by atoms with Crippen LogP contribution in [-0.2, 0) is 20.0 Å². The zero-order chi connectivity index (χ0) is 15.5. The topological polar surface area (TPSA) is 68.2 Å². The van der Waals surface area contributed by atoms with E-state index < -0.39 is 0 Å². The molecule has 2 aromatic rings. The molecule has 2 N–H and O–H groups in total. The Morgan fingerprint density at radius 3 is 3.14 bits per heavy atom. The van der Waals surface area contributed by atoms with E-state index in [0.29, 0.717) is 6.54 Å². The number of hydrogen-bond acceptors (Lipinski definition) is 3. The number of urea groups is 1. The molecule has 6 nitrogen and oxygen atoms in total. The normalized spacial score (nSPS) is 14.1. The molecule has 22 heavy (non-hydrogen) atoms. The lowest BCUT2D eigenvalue weighted by atomic mass is 10.1. The number of aryl methyl sites for hydroxylation is 1. The van der Waals surface area contributed by atoms with Crippen molar-refractivity contribution < 1.29 is 9.53 Å². The van der Waals surface area contributed by atoms with E-state index in [2.05, 4.69) is 21.8 Å². The van der Waals surface area contributed by atoms with Gasteiger partial charge in [0, 0.05) is 31.8 Å². The molecule has 0 aliphatic carbocycles. The molecule has 0 fully saturated rings. The van der Waals surface area contributed by atoms with E-state index in [1.54, 1.807) is 10.9 Å². The monoisotopic (exact) mass is 300 g/mol. The molecule has 2 heterocycles. The summed E-state index contributed by atoms with van der Waals surface area (Å²) >= 11 is 0. The van der Waals surface area contributed by atoms with Crippen molar-refractivity contribution >= 4 is 6.03 Å². The Morgan fingerprint density at radius 1 is 1.50 bits per heavy atom. The summed E-state index contributed by atoms with van der Waals surface area (Å²) in [5.74, 6) is 0.957. The molecular weight excluding hydrogens is 280 g/mol. The number of ether oxygens (including phenoxy) is 1. The molecule has 1 aromatic carbocycles. The molecule has 0 bridgehead atoms. The van der Waals surface area contributed by atoms with Crippen LogP contribution in [0.3, 0.4) is 0 Å². The third-order valence-electron chi connectivity index (χ3n) is 3.78. The number of fused-ring (bicyclic) bond motifs is 1. The molecule has 116 valence electrons. The third kappa shape index (κ3) is 3.21. The van der Waals surface area contributed by atoms with Gasteiger partial charge in [0.05, 0.1) is 18.8 Å². The first kappa shape index (κ1) is 14.4. The Morgan fingerprint density at radius 2 is 2.36 bits per heavy atom. The van der Waals surface area contributed by atoms with Crippen LogP contribution in [0.1, 0.15) is 29.7 Å². The standard InChI is InChI=1S/C16H20N4O2/c1-11(14-9-18-20(2)10-14)19-16(21)17-8-12-3-4-15-13(7-12)5-6-22-15/h3-4,7,9-11H,5-6,8H2,1-2H3,(H2,17,19,21)/t11-/m0/s1. The van der Waals surface area contributed by atoms with Gasteiger partial charge in [0.2, 0.25) is 0 Å². The van der Waals surface area contributed by atoms with Crippen LogP contribution in [0.5, 0.6) is 5.75 Å². The fourth-order valence-corrected chi connectivity index (χ4v) is 2.53. The van der Waals surface area contributed by atoms with Gasteiger partial charge in [0.25, 0.3) is 0 Å². The lowest BCUT2D eigenvalue weighted by Gasteiger charge is -2.13. The Kier molecular flexibility index (Phi) is 4.00. The van der Waals surface area contributed by atoms with Crippen molar-refractivity contribution in [1.82, 2.24) is 20.4 Å². The number of carbonyl (C=O) groups excluding carboxylic acids is 1. The second-order valence-electron chi connectivity index (χ2n) is 5.54. The van der Waals surface area contributed by atoms with Crippen LogP contribution < -0.4 is 15.4 Å². The van der Waals surface area contributed by atoms with Gasteiger partial charge in [-0.05, 0) is 24.1 Å². The summed E-state index contributed by atoms with van der Waals surface area (Å²) in [6.45, 7) is 3.18. The Labute approximate surface area is 129 Å². The van der Waals surface area contributed by atoms with E-state index in [4.69, 9.17) is 4.74 Å². The maximum absolute atomic E-state index is 12.0. The van der Waals surface area contributed by atoms with Gasteiger partial charge in [-0.15, -0.1) is 0 Å². The first-order chi connectivity index (χ1) is 10.6. The largest absolute Gasteiger partial charge is 0.493 e. The molecule has 1 aromatic heterocycles. The van der Waals surface area contributed by atoms with Crippen LogP contribution in [0.15, 0.2) is 30.6 Å². The average molecular weight is 300 g/mol. The fraction of sp³-hybridized carbons (Fsp3) is 0.375. The van der Waals surface area contributed by atoms with E-state index in [-0.39, 0.29) is 12.1 Å². The number of nitrogens with one attached hydrogen (secondary N) is 2. The molecule has 1 atom stereocenters. The number of aromatic nitrogens is 2. The van der Waals surface area contributed by atoms with Crippen LogP contribution in [0.2, 0.25) is 0 Å². The fourth-order valence-electron chi connectivity index (χ4n) is 2.53. The smallest absolute Gasteiger partial charge is 0.315 e. The second-order valence-corrected chi connectivity index (χ2v) is 5.54. The lowest BCUT2D eigenvalue weighted by molar-refractivity contribution is 0.237. The van der Waals surface area contributed by atoms with Crippen LogP contribution in [0.25, 0.3) is 0 Å². The first-order valence-electron chi connectivity index (χ1n) is 7.39. The van der Waals surface area contributed by atoms with Crippen molar-refractivity contribution in [3.8, 4) is 5.75 Å². The minimum absolute atomic E-state index is 0.0814. The number of hydrogen-bond donors (Lipinski definition) is 2. The number of nitrogens with zero attached hydrogens (tertiary/aromatic N) is 2. The van der Waals surface area contributed by atoms with Gasteiger partial charge in [-0.25, -0.2) is 4.79 Å². The highest BCUT2D eigenvalue weighted by Gasteiger charge is 2.13. The molecular formula is C16H20N4O2. The molecule has 2 amide bonds. The predicted molar refractivity (Wildman–Crippen MR) is 82.6 cm³/mol. The van der Waals surface area contributed by atoms with Gasteiger partial charge in [0.15, 0.2) is 0 Å². The molecule has 0 unspecified atom stereocenters. The van der Waals surface area contributed by atoms with Crippen molar-refractivity contribution in [3.05, 3.63) is 47.3 Å². The van der Waals surface area contributed by atoms with Gasteiger partial charge in [-0.1, -0.05) is 12.1 Å². The summed E-state index contributed by atoms with van der Waals surface area (Å²) in [7, 11) is 1.86. The Balaban J connectivity index is 1.52. The van der Waals surface area contributed by atoms with E-state index >= 15 is 0 Å². The summed E-state index contributed by atoms with van der Waals surface area (Å²) < 4.78 is 7.20. The van der Waals surface area contributed by atoms with Gasteiger partial charge >= 0.3 is 6.03 Å². The van der Waals surface area contributed by atoms with Gasteiger partial charge in [-0.3, -0.25) is 4.68 Å². The SMILES string of the molecule is C[C@H](NC(=O)NCc1ccc2c(c1)CCO2)c1cnn(C)c1. The summed E-state index contributed by atoms with van der Waals surface area (Å²) in [6.07, 6.45) is 4.59.